The summed E-state index contributed by atoms with van der Waals surface area (Å²) >= 11 is 0. The summed E-state index contributed by atoms with van der Waals surface area (Å²) in [6.07, 6.45) is 0. The van der Waals surface area contributed by atoms with E-state index in [9.17, 15) is 0 Å². The minimum Gasteiger partial charge on any atom is -0.456 e. The summed E-state index contributed by atoms with van der Waals surface area (Å²) < 4.78 is 8.80. The summed E-state index contributed by atoms with van der Waals surface area (Å²) in [5.74, 6) is 0. The lowest BCUT2D eigenvalue weighted by atomic mass is 9.90. The molecule has 0 radical (unpaired) electrons. The van der Waals surface area contributed by atoms with Crippen LogP contribution in [-0.4, -0.2) is 4.57 Å². The predicted molar refractivity (Wildman–Crippen MR) is 282 cm³/mol. The molecule has 314 valence electrons. The van der Waals surface area contributed by atoms with Crippen LogP contribution in [0, 0.1) is 0 Å². The van der Waals surface area contributed by atoms with E-state index in [1.807, 2.05) is 12.1 Å². The molecule has 2 aromatic heterocycles. The number of rotatable bonds is 8. The van der Waals surface area contributed by atoms with Gasteiger partial charge in [-0.05, 0) is 111 Å². The molecule has 0 aliphatic carbocycles. The van der Waals surface area contributed by atoms with E-state index in [0.717, 1.165) is 66.9 Å². The van der Waals surface area contributed by atoms with Crippen LogP contribution in [0.3, 0.4) is 0 Å². The normalized spacial score (nSPS) is 11.6. The molecule has 0 amide bonds. The number of para-hydroxylation sites is 5. The number of fused-ring (bicyclic) bond motifs is 7. The third-order valence-electron chi connectivity index (χ3n) is 13.4. The van der Waals surface area contributed by atoms with Crippen LogP contribution in [0.2, 0.25) is 0 Å². The molecule has 67 heavy (non-hydrogen) atoms. The first kappa shape index (κ1) is 38.5. The highest BCUT2D eigenvalue weighted by atomic mass is 16.3. The van der Waals surface area contributed by atoms with Crippen LogP contribution in [0.25, 0.3) is 105 Å². The minimum absolute atomic E-state index is 0.883. The number of nitrogens with zero attached hydrogens (tertiary/aromatic N) is 2. The SMILES string of the molecule is c1ccc(-c2cccc3cccc(-c4ccccc4N(c4ccc(-c5cccc6c7ccccc7n(-c7ccccc7)c56)cc4)c4cccc(-c5ccc6c(c5)oc5ccccc56)c4)c23)cc1. The number of benzene rings is 11. The van der Waals surface area contributed by atoms with Gasteiger partial charge in [-0.2, -0.15) is 0 Å². The molecule has 13 rings (SSSR count). The van der Waals surface area contributed by atoms with Crippen molar-refractivity contribution in [3.8, 4) is 50.2 Å². The fourth-order valence-electron chi connectivity index (χ4n) is 10.4. The van der Waals surface area contributed by atoms with Gasteiger partial charge >= 0.3 is 0 Å². The van der Waals surface area contributed by atoms with Gasteiger partial charge in [0.05, 0.1) is 16.7 Å². The molecule has 0 saturated heterocycles. The van der Waals surface area contributed by atoms with E-state index in [2.05, 4.69) is 252 Å². The Morgan fingerprint density at radius 3 is 1.76 bits per heavy atom. The highest BCUT2D eigenvalue weighted by Crippen LogP contribution is 2.46. The van der Waals surface area contributed by atoms with Crippen LogP contribution < -0.4 is 4.90 Å². The van der Waals surface area contributed by atoms with E-state index in [-0.39, 0.29) is 0 Å². The van der Waals surface area contributed by atoms with Gasteiger partial charge in [0, 0.05) is 49.7 Å². The topological polar surface area (TPSA) is 21.3 Å². The average molecular weight is 855 g/mol. The zero-order valence-corrected chi connectivity index (χ0v) is 36.6. The maximum absolute atomic E-state index is 6.38. The Kier molecular flexibility index (Phi) is 9.17. The lowest BCUT2D eigenvalue weighted by molar-refractivity contribution is 0.669. The predicted octanol–water partition coefficient (Wildman–Crippen LogP) is 18.0. The van der Waals surface area contributed by atoms with Gasteiger partial charge < -0.3 is 13.9 Å². The van der Waals surface area contributed by atoms with Crippen LogP contribution in [0.4, 0.5) is 17.1 Å². The van der Waals surface area contributed by atoms with Crippen molar-refractivity contribution in [3.05, 3.63) is 255 Å². The van der Waals surface area contributed by atoms with E-state index >= 15 is 0 Å². The Hall–Kier alpha value is -8.92. The van der Waals surface area contributed by atoms with Gasteiger partial charge in [0.15, 0.2) is 0 Å². The first-order chi connectivity index (χ1) is 33.2. The Labute approximate surface area is 388 Å². The van der Waals surface area contributed by atoms with Gasteiger partial charge in [-0.1, -0.05) is 188 Å². The highest BCUT2D eigenvalue weighted by molar-refractivity contribution is 6.14. The van der Waals surface area contributed by atoms with Crippen molar-refractivity contribution in [1.82, 2.24) is 4.57 Å². The molecule has 2 heterocycles. The lowest BCUT2D eigenvalue weighted by Gasteiger charge is -2.29. The first-order valence-corrected chi connectivity index (χ1v) is 22.9. The van der Waals surface area contributed by atoms with Gasteiger partial charge in [0.25, 0.3) is 0 Å². The Morgan fingerprint density at radius 1 is 0.328 bits per heavy atom. The summed E-state index contributed by atoms with van der Waals surface area (Å²) in [4.78, 5) is 2.42. The second-order valence-corrected chi connectivity index (χ2v) is 17.2. The van der Waals surface area contributed by atoms with Crippen LogP contribution >= 0.6 is 0 Å². The Balaban J connectivity index is 1.00. The zero-order valence-electron chi connectivity index (χ0n) is 36.6. The van der Waals surface area contributed by atoms with Crippen molar-refractivity contribution < 1.29 is 4.42 Å². The van der Waals surface area contributed by atoms with Gasteiger partial charge in [-0.25, -0.2) is 0 Å². The summed E-state index contributed by atoms with van der Waals surface area (Å²) in [7, 11) is 0. The number of hydrogen-bond donors (Lipinski definition) is 0. The summed E-state index contributed by atoms with van der Waals surface area (Å²) in [6.45, 7) is 0. The molecule has 0 unspecified atom stereocenters. The van der Waals surface area contributed by atoms with Crippen LogP contribution in [0.15, 0.2) is 259 Å². The fraction of sp³-hybridized carbons (Fsp3) is 0. The molecule has 0 atom stereocenters. The first-order valence-electron chi connectivity index (χ1n) is 22.9. The maximum atomic E-state index is 6.38. The highest BCUT2D eigenvalue weighted by Gasteiger charge is 2.22. The average Bonchev–Trinajstić information content (AvgIpc) is 3.95. The molecular weight excluding hydrogens is 813 g/mol. The van der Waals surface area contributed by atoms with Crippen molar-refractivity contribution in [2.24, 2.45) is 0 Å². The minimum atomic E-state index is 0.883. The molecule has 13 aromatic rings. The summed E-state index contributed by atoms with van der Waals surface area (Å²) in [5.41, 5.74) is 17.8. The van der Waals surface area contributed by atoms with E-state index in [4.69, 9.17) is 4.42 Å². The fourth-order valence-corrected chi connectivity index (χ4v) is 10.4. The molecule has 0 bridgehead atoms. The number of anilines is 3. The third kappa shape index (κ3) is 6.51. The monoisotopic (exact) mass is 854 g/mol. The van der Waals surface area contributed by atoms with Crippen molar-refractivity contribution in [2.45, 2.75) is 0 Å². The molecule has 0 spiro atoms. The molecule has 0 fully saturated rings. The maximum Gasteiger partial charge on any atom is 0.136 e. The Bertz CT molecular complexity index is 3970. The van der Waals surface area contributed by atoms with Gasteiger partial charge in [-0.15, -0.1) is 0 Å². The van der Waals surface area contributed by atoms with Crippen molar-refractivity contribution in [1.29, 1.82) is 0 Å². The molecule has 0 saturated carbocycles. The molecule has 11 aromatic carbocycles. The molecule has 0 aliphatic rings. The largest absolute Gasteiger partial charge is 0.456 e. The van der Waals surface area contributed by atoms with Crippen LogP contribution in [0.1, 0.15) is 0 Å². The van der Waals surface area contributed by atoms with Crippen LogP contribution in [-0.2, 0) is 0 Å². The zero-order chi connectivity index (χ0) is 44.3. The number of hydrogen-bond acceptors (Lipinski definition) is 2. The van der Waals surface area contributed by atoms with E-state index in [1.165, 1.54) is 54.8 Å². The second-order valence-electron chi connectivity index (χ2n) is 17.2. The quantitative estimate of drug-likeness (QED) is 0.152. The molecule has 3 heteroatoms. The van der Waals surface area contributed by atoms with Gasteiger partial charge in [0.2, 0.25) is 0 Å². The molecule has 0 N–H and O–H groups in total. The standard InChI is InChI=1S/C64H42N2O/c1-3-17-43(18-4-1)51-28-14-19-45-20-15-30-57(63(45)51)53-25-7-10-32-59(53)65(50-24-13-21-46(41-50)47-37-40-56-55-27-9-12-34-61(55)67-62(56)42-47)49-38-35-44(36-39-49)52-29-16-31-58-54-26-8-11-33-60(54)66(64(52)58)48-22-5-2-6-23-48/h1-42H. The van der Waals surface area contributed by atoms with E-state index < -0.39 is 0 Å². The van der Waals surface area contributed by atoms with Crippen LogP contribution in [0.5, 0.6) is 0 Å². The Morgan fingerprint density at radius 2 is 0.910 bits per heavy atom. The molecular formula is C64H42N2O. The van der Waals surface area contributed by atoms with Gasteiger partial charge in [0.1, 0.15) is 11.2 Å². The summed E-state index contributed by atoms with van der Waals surface area (Å²) in [5, 5.41) is 7.16. The smallest absolute Gasteiger partial charge is 0.136 e. The van der Waals surface area contributed by atoms with Gasteiger partial charge in [-0.3, -0.25) is 0 Å². The number of aromatic nitrogens is 1. The molecule has 3 nitrogen and oxygen atoms in total. The summed E-state index contributed by atoms with van der Waals surface area (Å²) in [6, 6.07) is 92.0. The molecule has 0 aliphatic heterocycles. The van der Waals surface area contributed by atoms with E-state index in [0.29, 0.717) is 0 Å². The number of furan rings is 1. The lowest BCUT2D eigenvalue weighted by Crippen LogP contribution is -2.11. The van der Waals surface area contributed by atoms with E-state index in [1.54, 1.807) is 0 Å². The van der Waals surface area contributed by atoms with Crippen molar-refractivity contribution in [2.75, 3.05) is 4.90 Å². The second kappa shape index (κ2) is 16.0. The van der Waals surface area contributed by atoms with Crippen molar-refractivity contribution >= 4 is 71.6 Å². The third-order valence-corrected chi connectivity index (χ3v) is 13.4. The van der Waals surface area contributed by atoms with Crippen molar-refractivity contribution in [3.63, 3.8) is 0 Å².